The van der Waals surface area contributed by atoms with Crippen LogP contribution >= 0.6 is 11.6 Å². The number of aliphatic imine (C=N–C) groups is 1. The molecule has 6 atom stereocenters. The van der Waals surface area contributed by atoms with Crippen LogP contribution in [0.1, 0.15) is 65.7 Å². The molecule has 0 aromatic rings. The molecule has 2 aliphatic carbocycles. The first-order valence-electron chi connectivity index (χ1n) is 11.3. The minimum absolute atomic E-state index is 0.0192. The third-order valence-electron chi connectivity index (χ3n) is 6.32. The van der Waals surface area contributed by atoms with Crippen molar-refractivity contribution in [1.82, 2.24) is 21.5 Å². The Labute approximate surface area is 187 Å². The van der Waals surface area contributed by atoms with Crippen LogP contribution in [-0.2, 0) is 4.79 Å². The zero-order chi connectivity index (χ0) is 22.8. The molecule has 10 heteroatoms. The highest BCUT2D eigenvalue weighted by Gasteiger charge is 2.42. The average molecular weight is 466 g/mol. The molecule has 1 heterocycles. The molecule has 1 saturated heterocycles. The van der Waals surface area contributed by atoms with Gasteiger partial charge in [0.15, 0.2) is 12.1 Å². The van der Waals surface area contributed by atoms with E-state index in [1.807, 2.05) is 20.8 Å². The smallest absolute Gasteiger partial charge is 0.229 e. The number of hydrazine groups is 1. The van der Waals surface area contributed by atoms with Gasteiger partial charge in [0.25, 0.3) is 0 Å². The van der Waals surface area contributed by atoms with E-state index in [0.29, 0.717) is 0 Å². The van der Waals surface area contributed by atoms with E-state index in [-0.39, 0.29) is 42.6 Å². The molecule has 4 N–H and O–H groups in total. The molecule has 1 amide bonds. The number of alkyl halides is 4. The molecule has 0 aromatic heterocycles. The van der Waals surface area contributed by atoms with Crippen LogP contribution in [0.3, 0.4) is 0 Å². The third kappa shape index (κ3) is 6.71. The number of nitrogens with one attached hydrogen (secondary N) is 4. The summed E-state index contributed by atoms with van der Waals surface area (Å²) in [5, 5.41) is 5.94. The van der Waals surface area contributed by atoms with Crippen molar-refractivity contribution in [2.24, 2.45) is 16.8 Å². The predicted octanol–water partition coefficient (Wildman–Crippen LogP) is 3.26. The van der Waals surface area contributed by atoms with Gasteiger partial charge in [-0.1, -0.05) is 0 Å². The van der Waals surface area contributed by atoms with Gasteiger partial charge in [-0.05, 0) is 71.6 Å². The van der Waals surface area contributed by atoms with Crippen LogP contribution in [0.15, 0.2) is 4.99 Å². The van der Waals surface area contributed by atoms with Crippen LogP contribution in [0.2, 0.25) is 0 Å². The number of halogens is 4. The van der Waals surface area contributed by atoms with Gasteiger partial charge in [-0.15, -0.1) is 11.6 Å². The monoisotopic (exact) mass is 465 g/mol. The maximum atomic E-state index is 15.2. The highest BCUT2D eigenvalue weighted by molar-refractivity contribution is 6.20. The Morgan fingerprint density at radius 1 is 1.00 bits per heavy atom. The summed E-state index contributed by atoms with van der Waals surface area (Å²) >= 11 is 6.17. The second-order valence-electron chi connectivity index (χ2n) is 10.1. The first-order chi connectivity index (χ1) is 14.5. The molecule has 0 radical (unpaired) electrons. The van der Waals surface area contributed by atoms with E-state index in [2.05, 4.69) is 26.5 Å². The van der Waals surface area contributed by atoms with E-state index >= 15 is 4.39 Å². The lowest BCUT2D eigenvalue weighted by Crippen LogP contribution is -2.52. The number of carbonyl (C=O) groups excluding carboxylic acids is 1. The Morgan fingerprint density at radius 3 is 2.29 bits per heavy atom. The largest absolute Gasteiger partial charge is 0.351 e. The van der Waals surface area contributed by atoms with E-state index in [4.69, 9.17) is 11.6 Å². The van der Waals surface area contributed by atoms with Crippen molar-refractivity contribution in [2.45, 2.75) is 107 Å². The first kappa shape index (κ1) is 24.6. The molecule has 6 unspecified atom stereocenters. The number of hydrogen-bond donors (Lipinski definition) is 4. The van der Waals surface area contributed by atoms with Gasteiger partial charge in [0.05, 0.1) is 6.04 Å². The second-order valence-corrected chi connectivity index (χ2v) is 10.7. The van der Waals surface area contributed by atoms with Crippen LogP contribution in [0.5, 0.6) is 0 Å². The fourth-order valence-electron chi connectivity index (χ4n) is 4.58. The van der Waals surface area contributed by atoms with Crippen molar-refractivity contribution >= 4 is 23.5 Å². The molecule has 0 spiro atoms. The van der Waals surface area contributed by atoms with Gasteiger partial charge in [-0.2, -0.15) is 0 Å². The maximum absolute atomic E-state index is 15.2. The number of guanidine groups is 1. The average Bonchev–Trinajstić information content (AvgIpc) is 3.03. The topological polar surface area (TPSA) is 77.6 Å². The minimum atomic E-state index is -1.64. The second kappa shape index (κ2) is 10.3. The number of nitrogens with zero attached hydrogens (tertiary/aromatic N) is 1. The van der Waals surface area contributed by atoms with E-state index < -0.39 is 42.0 Å². The van der Waals surface area contributed by atoms with Crippen LogP contribution in [0.4, 0.5) is 13.2 Å². The van der Waals surface area contributed by atoms with Crippen molar-refractivity contribution in [3.8, 4) is 0 Å². The fourth-order valence-corrected chi connectivity index (χ4v) is 4.83. The molecule has 178 valence electrons. The summed E-state index contributed by atoms with van der Waals surface area (Å²) < 4.78 is 42.4. The van der Waals surface area contributed by atoms with Gasteiger partial charge in [0.1, 0.15) is 18.5 Å². The Hall–Kier alpha value is -1.06. The molecule has 6 nitrogen and oxygen atoms in total. The number of amides is 1. The minimum Gasteiger partial charge on any atom is -0.351 e. The van der Waals surface area contributed by atoms with Gasteiger partial charge in [0, 0.05) is 16.8 Å². The third-order valence-corrected chi connectivity index (χ3v) is 6.76. The molecule has 3 fully saturated rings. The van der Waals surface area contributed by atoms with E-state index in [1.54, 1.807) is 0 Å². The molecule has 3 aliphatic rings. The van der Waals surface area contributed by atoms with Crippen LogP contribution in [0.25, 0.3) is 0 Å². The fraction of sp³-hybridized carbons (Fsp3) is 0.905. The molecule has 3 rings (SSSR count). The quantitative estimate of drug-likeness (QED) is 0.293. The van der Waals surface area contributed by atoms with Crippen LogP contribution < -0.4 is 21.5 Å². The zero-order valence-electron chi connectivity index (χ0n) is 18.4. The summed E-state index contributed by atoms with van der Waals surface area (Å²) in [5.74, 6) is -0.766. The molecular weight excluding hydrogens is 431 g/mol. The zero-order valence-corrected chi connectivity index (χ0v) is 19.2. The Morgan fingerprint density at radius 2 is 1.68 bits per heavy atom. The van der Waals surface area contributed by atoms with Crippen LogP contribution in [0, 0.1) is 11.8 Å². The SMILES string of the molecule is CC(C)(C)N/C(=N\C1NNC(C2CCC(Cl)CC2)C1F)NC(=O)C1CCC(F)C(F)C1. The molecule has 0 bridgehead atoms. The number of rotatable bonds is 3. The highest BCUT2D eigenvalue weighted by Crippen LogP contribution is 2.33. The van der Waals surface area contributed by atoms with Gasteiger partial charge in [0.2, 0.25) is 5.91 Å². The van der Waals surface area contributed by atoms with Crippen LogP contribution in [-0.4, -0.2) is 53.5 Å². The predicted molar refractivity (Wildman–Crippen MR) is 116 cm³/mol. The van der Waals surface area contributed by atoms with E-state index in [0.717, 1.165) is 25.7 Å². The summed E-state index contributed by atoms with van der Waals surface area (Å²) in [4.78, 5) is 17.1. The van der Waals surface area contributed by atoms with Crippen molar-refractivity contribution < 1.29 is 18.0 Å². The summed E-state index contributed by atoms with van der Waals surface area (Å²) in [6.07, 6.45) is -1.72. The lowest BCUT2D eigenvalue weighted by Gasteiger charge is -2.30. The van der Waals surface area contributed by atoms with Gasteiger partial charge in [-0.3, -0.25) is 10.1 Å². The van der Waals surface area contributed by atoms with Crippen molar-refractivity contribution in [3.63, 3.8) is 0 Å². The lowest BCUT2D eigenvalue weighted by atomic mass is 9.82. The summed E-state index contributed by atoms with van der Waals surface area (Å²) in [5.41, 5.74) is 5.49. The van der Waals surface area contributed by atoms with Gasteiger partial charge in [-0.25, -0.2) is 29.0 Å². The Kier molecular flexibility index (Phi) is 8.13. The molecule has 2 saturated carbocycles. The van der Waals surface area contributed by atoms with E-state index in [9.17, 15) is 13.6 Å². The summed E-state index contributed by atoms with van der Waals surface area (Å²) in [7, 11) is 0. The molecule has 0 aromatic carbocycles. The molecule has 1 aliphatic heterocycles. The van der Waals surface area contributed by atoms with Gasteiger partial charge < -0.3 is 5.32 Å². The Bertz CT molecular complexity index is 653. The number of carbonyl (C=O) groups is 1. The number of hydrogen-bond acceptors (Lipinski definition) is 4. The first-order valence-corrected chi connectivity index (χ1v) is 11.7. The molecule has 31 heavy (non-hydrogen) atoms. The summed E-state index contributed by atoms with van der Waals surface area (Å²) in [6, 6.07) is -0.378. The van der Waals surface area contributed by atoms with Crippen molar-refractivity contribution in [3.05, 3.63) is 0 Å². The molecular formula is C21H35ClF3N5O. The Balaban J connectivity index is 1.66. The van der Waals surface area contributed by atoms with E-state index in [1.165, 1.54) is 0 Å². The maximum Gasteiger partial charge on any atom is 0.229 e. The van der Waals surface area contributed by atoms with Crippen molar-refractivity contribution in [1.29, 1.82) is 0 Å². The summed E-state index contributed by atoms with van der Waals surface area (Å²) in [6.45, 7) is 5.67. The van der Waals surface area contributed by atoms with Gasteiger partial charge >= 0.3 is 0 Å². The lowest BCUT2D eigenvalue weighted by molar-refractivity contribution is -0.125. The highest BCUT2D eigenvalue weighted by atomic mass is 35.5. The standard InChI is InChI=1S/C21H35ClF3N5O/c1-21(2,3)28-20(27-19(31)12-6-9-14(23)15(24)10-12)26-18-16(25)17(29-30-18)11-4-7-13(22)8-5-11/h11-18,29-30H,4-10H2,1-3H3,(H2,26,27,28,31). The van der Waals surface area contributed by atoms with Crippen molar-refractivity contribution in [2.75, 3.05) is 0 Å². The normalized spacial score (nSPS) is 39.9.